The highest BCUT2D eigenvalue weighted by atomic mass is 19.3. The lowest BCUT2D eigenvalue weighted by Crippen LogP contribution is -2.56. The fourth-order valence-electron chi connectivity index (χ4n) is 3.99. The average Bonchev–Trinajstić information content (AvgIpc) is 3.08. The molecule has 1 aliphatic rings. The van der Waals surface area contributed by atoms with Crippen molar-refractivity contribution in [1.29, 1.82) is 0 Å². The lowest BCUT2D eigenvalue weighted by atomic mass is 9.84. The third-order valence-electron chi connectivity index (χ3n) is 6.24. The third kappa shape index (κ3) is 6.41. The second kappa shape index (κ2) is 9.63. The van der Waals surface area contributed by atoms with Crippen LogP contribution in [0.4, 0.5) is 13.2 Å². The van der Waals surface area contributed by atoms with Gasteiger partial charge in [-0.15, -0.1) is 0 Å². The number of ketones is 1. The molecule has 1 aromatic carbocycles. The maximum atomic E-state index is 14.1. The smallest absolute Gasteiger partial charge is 0.262 e. The van der Waals surface area contributed by atoms with Gasteiger partial charge >= 0.3 is 0 Å². The number of halogens is 3. The van der Waals surface area contributed by atoms with Gasteiger partial charge in [-0.3, -0.25) is 19.9 Å². The van der Waals surface area contributed by atoms with Crippen LogP contribution in [0.2, 0.25) is 0 Å². The van der Waals surface area contributed by atoms with Crippen molar-refractivity contribution in [2.45, 2.75) is 57.9 Å². The number of nitrogens with one attached hydrogen (secondary N) is 2. The minimum atomic E-state index is -3.02. The van der Waals surface area contributed by atoms with Gasteiger partial charge in [0.2, 0.25) is 5.91 Å². The van der Waals surface area contributed by atoms with Crippen LogP contribution in [0.25, 0.3) is 11.3 Å². The summed E-state index contributed by atoms with van der Waals surface area (Å²) >= 11 is 0. The van der Waals surface area contributed by atoms with Gasteiger partial charge < -0.3 is 5.32 Å². The minimum Gasteiger partial charge on any atom is -0.347 e. The molecule has 1 saturated heterocycles. The van der Waals surface area contributed by atoms with Gasteiger partial charge in [-0.1, -0.05) is 51.5 Å². The van der Waals surface area contributed by atoms with E-state index >= 15 is 0 Å². The van der Waals surface area contributed by atoms with E-state index in [0.29, 0.717) is 17.7 Å². The van der Waals surface area contributed by atoms with E-state index in [9.17, 15) is 22.8 Å². The third-order valence-corrected chi connectivity index (χ3v) is 6.24. The van der Waals surface area contributed by atoms with Crippen molar-refractivity contribution in [2.24, 2.45) is 5.41 Å². The molecule has 2 aromatic rings. The molecule has 33 heavy (non-hydrogen) atoms. The quantitative estimate of drug-likeness (QED) is 0.584. The summed E-state index contributed by atoms with van der Waals surface area (Å²) in [5.41, 5.74) is 0.305. The van der Waals surface area contributed by atoms with Crippen LogP contribution in [-0.2, 0) is 16.0 Å². The van der Waals surface area contributed by atoms with Crippen LogP contribution in [0.15, 0.2) is 42.6 Å². The summed E-state index contributed by atoms with van der Waals surface area (Å²) in [5.74, 6) is -4.20. The highest BCUT2D eigenvalue weighted by molar-refractivity contribution is 5.91. The van der Waals surface area contributed by atoms with Crippen LogP contribution >= 0.6 is 0 Å². The molecule has 2 heterocycles. The summed E-state index contributed by atoms with van der Waals surface area (Å²) in [6, 6.07) is 9.85. The van der Waals surface area contributed by atoms with Crippen LogP contribution in [0.5, 0.6) is 0 Å². The fraction of sp³-hybridized carbons (Fsp3) is 0.480. The topological polar surface area (TPSA) is 71.1 Å². The van der Waals surface area contributed by atoms with E-state index in [0.717, 1.165) is 18.2 Å². The minimum absolute atomic E-state index is 0.0419. The van der Waals surface area contributed by atoms with Gasteiger partial charge in [-0.2, -0.15) is 0 Å². The van der Waals surface area contributed by atoms with Gasteiger partial charge in [0.05, 0.1) is 25.0 Å². The van der Waals surface area contributed by atoms with E-state index in [4.69, 9.17) is 0 Å². The van der Waals surface area contributed by atoms with Crippen molar-refractivity contribution in [3.63, 3.8) is 0 Å². The molecule has 3 rings (SSSR count). The second-order valence-electron chi connectivity index (χ2n) is 9.62. The zero-order valence-corrected chi connectivity index (χ0v) is 19.2. The normalized spacial score (nSPS) is 19.9. The Morgan fingerprint density at radius 1 is 1.15 bits per heavy atom. The lowest BCUT2D eigenvalue weighted by Gasteiger charge is -2.28. The number of carbonyl (C=O) groups is 2. The lowest BCUT2D eigenvalue weighted by molar-refractivity contribution is -0.130. The number of nitrogens with zero attached hydrogens (tertiary/aromatic N) is 1. The van der Waals surface area contributed by atoms with Crippen LogP contribution in [0.1, 0.15) is 45.6 Å². The molecule has 0 aliphatic carbocycles. The number of hydrogen-bond donors (Lipinski definition) is 2. The Hall–Kier alpha value is -2.74. The largest absolute Gasteiger partial charge is 0.347 e. The number of Topliss-reactive ketones (excluding diaryl/α,β-unsaturated/α-hetero) is 1. The van der Waals surface area contributed by atoms with E-state index in [-0.39, 0.29) is 24.2 Å². The first-order valence-electron chi connectivity index (χ1n) is 11.1. The summed E-state index contributed by atoms with van der Waals surface area (Å²) in [6.45, 7) is 5.14. The Kier molecular flexibility index (Phi) is 7.26. The summed E-state index contributed by atoms with van der Waals surface area (Å²) in [6.07, 6.45) is 1.63. The summed E-state index contributed by atoms with van der Waals surface area (Å²) in [7, 11) is 0. The first kappa shape index (κ1) is 24.9. The predicted octanol–water partition coefficient (Wildman–Crippen LogP) is 4.31. The Balaban J connectivity index is 1.72. The molecule has 0 spiro atoms. The van der Waals surface area contributed by atoms with E-state index in [2.05, 4.69) is 15.6 Å². The zero-order chi connectivity index (χ0) is 24.3. The predicted molar refractivity (Wildman–Crippen MR) is 120 cm³/mol. The Bertz CT molecular complexity index is 991. The first-order valence-corrected chi connectivity index (χ1v) is 11.1. The van der Waals surface area contributed by atoms with E-state index in [1.165, 1.54) is 6.07 Å². The van der Waals surface area contributed by atoms with Crippen molar-refractivity contribution >= 4 is 11.7 Å². The van der Waals surface area contributed by atoms with Crippen LogP contribution in [-0.4, -0.2) is 41.2 Å². The number of amides is 1. The van der Waals surface area contributed by atoms with E-state index < -0.39 is 36.2 Å². The summed E-state index contributed by atoms with van der Waals surface area (Å²) in [5, 5.41) is 5.30. The van der Waals surface area contributed by atoms with Crippen LogP contribution in [0.3, 0.4) is 0 Å². The molecule has 1 amide bonds. The molecule has 0 saturated carbocycles. The van der Waals surface area contributed by atoms with Gasteiger partial charge in [0.25, 0.3) is 5.92 Å². The molecule has 2 N–H and O–H groups in total. The molecule has 178 valence electrons. The van der Waals surface area contributed by atoms with Gasteiger partial charge in [-0.05, 0) is 29.5 Å². The number of benzene rings is 1. The molecular formula is C25H30F3N3O2. The van der Waals surface area contributed by atoms with E-state index in [1.54, 1.807) is 30.3 Å². The molecule has 0 radical (unpaired) electrons. The van der Waals surface area contributed by atoms with Crippen molar-refractivity contribution in [3.05, 3.63) is 54.0 Å². The second-order valence-corrected chi connectivity index (χ2v) is 9.62. The molecule has 1 unspecified atom stereocenters. The Morgan fingerprint density at radius 3 is 2.39 bits per heavy atom. The van der Waals surface area contributed by atoms with Crippen molar-refractivity contribution in [2.75, 3.05) is 13.1 Å². The molecule has 1 fully saturated rings. The molecule has 8 heteroatoms. The summed E-state index contributed by atoms with van der Waals surface area (Å²) in [4.78, 5) is 29.4. The van der Waals surface area contributed by atoms with Gasteiger partial charge in [0.15, 0.2) is 5.78 Å². The Labute approximate surface area is 192 Å². The number of rotatable bonds is 9. The number of pyridine rings is 1. The maximum Gasteiger partial charge on any atom is 0.262 e. The van der Waals surface area contributed by atoms with Crippen LogP contribution in [0, 0.1) is 11.2 Å². The van der Waals surface area contributed by atoms with Crippen molar-refractivity contribution in [1.82, 2.24) is 15.6 Å². The Morgan fingerprint density at radius 2 is 1.85 bits per heavy atom. The highest BCUT2D eigenvalue weighted by Crippen LogP contribution is 2.35. The maximum absolute atomic E-state index is 14.1. The van der Waals surface area contributed by atoms with Crippen LogP contribution < -0.4 is 10.6 Å². The standard InChI is InChI=1S/C25H30F3N3O2/c1-4-23(2,3)12-20(32)14-30-22(33)24(15-25(27,28)16-31-24)11-17-5-7-18(8-6-17)21-10-9-19(26)13-29-21/h5-10,13,31H,4,11-12,14-16H2,1-3H3,(H,30,33). The first-order chi connectivity index (χ1) is 15.4. The van der Waals surface area contributed by atoms with E-state index in [1.807, 2.05) is 20.8 Å². The summed E-state index contributed by atoms with van der Waals surface area (Å²) < 4.78 is 41.4. The van der Waals surface area contributed by atoms with Gasteiger partial charge in [0, 0.05) is 18.4 Å². The average molecular weight is 462 g/mol. The fourth-order valence-corrected chi connectivity index (χ4v) is 3.99. The van der Waals surface area contributed by atoms with Crippen molar-refractivity contribution in [3.8, 4) is 11.3 Å². The van der Waals surface area contributed by atoms with Gasteiger partial charge in [-0.25, -0.2) is 13.2 Å². The number of alkyl halides is 2. The molecule has 0 bridgehead atoms. The number of aromatic nitrogens is 1. The van der Waals surface area contributed by atoms with Gasteiger partial charge in [0.1, 0.15) is 11.4 Å². The molecule has 1 atom stereocenters. The monoisotopic (exact) mass is 461 g/mol. The molecular weight excluding hydrogens is 431 g/mol. The zero-order valence-electron chi connectivity index (χ0n) is 19.2. The van der Waals surface area contributed by atoms with Crippen molar-refractivity contribution < 1.29 is 22.8 Å². The SMILES string of the molecule is CCC(C)(C)CC(=O)CNC(=O)C1(Cc2ccc(-c3ccc(F)cn3)cc2)CC(F)(F)CN1. The number of hydrogen-bond acceptors (Lipinski definition) is 4. The molecule has 1 aliphatic heterocycles. The highest BCUT2D eigenvalue weighted by Gasteiger charge is 2.53. The number of carbonyl (C=O) groups excluding carboxylic acids is 2. The molecule has 5 nitrogen and oxygen atoms in total. The molecule has 1 aromatic heterocycles.